The minimum atomic E-state index is 0.236. The third kappa shape index (κ3) is 0.958. The summed E-state index contributed by atoms with van der Waals surface area (Å²) in [5.41, 5.74) is 0.717. The van der Waals surface area contributed by atoms with Crippen LogP contribution < -0.4 is 10.6 Å². The van der Waals surface area contributed by atoms with Crippen molar-refractivity contribution in [3.05, 3.63) is 34.8 Å². The number of nitrogens with zero attached hydrogens (tertiary/aromatic N) is 4. The highest BCUT2D eigenvalue weighted by molar-refractivity contribution is 7.80. The van der Waals surface area contributed by atoms with E-state index in [-0.39, 0.29) is 5.11 Å². The van der Waals surface area contributed by atoms with E-state index in [4.69, 9.17) is 12.2 Å². The maximum atomic E-state index is 4.82. The van der Waals surface area contributed by atoms with Gasteiger partial charge < -0.3 is 0 Å². The third-order valence-corrected chi connectivity index (χ3v) is 2.21. The molecule has 0 fully saturated rings. The van der Waals surface area contributed by atoms with Crippen molar-refractivity contribution < 1.29 is 0 Å². The molecule has 0 saturated heterocycles. The van der Waals surface area contributed by atoms with Crippen LogP contribution in [0, 0.1) is 0 Å². The molecule has 1 aromatic rings. The van der Waals surface area contributed by atoms with Crippen LogP contribution in [0.1, 0.15) is 0 Å². The first-order valence-corrected chi connectivity index (χ1v) is 4.48. The molecule has 66 valence electrons. The van der Waals surface area contributed by atoms with Gasteiger partial charge >= 0.3 is 0 Å². The van der Waals surface area contributed by atoms with Crippen molar-refractivity contribution in [3.63, 3.8) is 0 Å². The fourth-order valence-electron chi connectivity index (χ4n) is 1.44. The van der Waals surface area contributed by atoms with Crippen molar-refractivity contribution in [1.82, 2.24) is 0 Å². The molecule has 14 heavy (non-hydrogen) atoms. The van der Waals surface area contributed by atoms with Crippen molar-refractivity contribution in [2.45, 2.75) is 0 Å². The topological polar surface area (TPSA) is 49.4 Å². The second-order valence-corrected chi connectivity index (χ2v) is 3.26. The molecule has 0 atom stereocenters. The monoisotopic (exact) mass is 200 g/mol. The number of aliphatic imine (C=N–C) groups is 1. The summed E-state index contributed by atoms with van der Waals surface area (Å²) in [5, 5.41) is 9.82. The fraction of sp³-hybridized carbons (Fsp3) is 0. The van der Waals surface area contributed by atoms with E-state index in [1.54, 1.807) is 0 Å². The lowest BCUT2D eigenvalue weighted by Gasteiger charge is -1.99. The Kier molecular flexibility index (Phi) is 1.43. The van der Waals surface area contributed by atoms with Gasteiger partial charge in [-0.15, -0.1) is 10.2 Å². The number of azo groups is 1. The van der Waals surface area contributed by atoms with E-state index < -0.39 is 0 Å². The van der Waals surface area contributed by atoms with Crippen molar-refractivity contribution >= 4 is 28.9 Å². The molecular weight excluding hydrogens is 196 g/mol. The second kappa shape index (κ2) is 2.62. The molecule has 5 heteroatoms. The molecule has 1 aromatic carbocycles. The molecule has 0 radical (unpaired) electrons. The van der Waals surface area contributed by atoms with E-state index >= 15 is 0 Å². The molecule has 3 rings (SSSR count). The lowest BCUT2D eigenvalue weighted by atomic mass is 10.2. The molecule has 2 aliphatic rings. The molecule has 2 heterocycles. The number of hydrogen-bond donors (Lipinski definition) is 0. The summed E-state index contributed by atoms with van der Waals surface area (Å²) in [5.74, 6) is 0.575. The second-order valence-electron chi connectivity index (χ2n) is 2.90. The normalized spacial score (nSPS) is 17.3. The van der Waals surface area contributed by atoms with Crippen LogP contribution in [0.4, 0.5) is 0 Å². The standard InChI is InChI=1S/C9H4N4S/c14-9-11-8-7(12-13-9)5-3-1-2-4-6(5)10-8/h1-4H. The van der Waals surface area contributed by atoms with Gasteiger partial charge in [-0.25, -0.2) is 4.99 Å². The van der Waals surface area contributed by atoms with Crippen LogP contribution in [0.2, 0.25) is 0 Å². The smallest absolute Gasteiger partial charge is 0.226 e. The number of para-hydroxylation sites is 1. The molecule has 0 bridgehead atoms. The molecular formula is C9H4N4S. The van der Waals surface area contributed by atoms with Gasteiger partial charge in [-0.2, -0.15) is 4.99 Å². The van der Waals surface area contributed by atoms with Gasteiger partial charge in [0.25, 0.3) is 0 Å². The Labute approximate surface area is 84.4 Å². The molecule has 0 aromatic heterocycles. The minimum Gasteiger partial charge on any atom is -0.226 e. The Morgan fingerprint density at radius 2 is 1.86 bits per heavy atom. The number of benzene rings is 1. The molecule has 0 aliphatic carbocycles. The highest BCUT2D eigenvalue weighted by Crippen LogP contribution is 2.11. The molecule has 0 N–H and O–H groups in total. The zero-order valence-corrected chi connectivity index (χ0v) is 7.82. The predicted octanol–water partition coefficient (Wildman–Crippen LogP) is 0.577. The van der Waals surface area contributed by atoms with Crippen LogP contribution in [0.3, 0.4) is 0 Å². The van der Waals surface area contributed by atoms with Crippen molar-refractivity contribution in [2.24, 2.45) is 20.2 Å². The number of fused-ring (bicyclic) bond motifs is 2. The number of thiocarbonyl (C=S) groups is 1. The van der Waals surface area contributed by atoms with Crippen LogP contribution in [0.15, 0.2) is 44.5 Å². The molecule has 2 aliphatic heterocycles. The number of hydrogen-bond acceptors (Lipinski definition) is 3. The summed E-state index contributed by atoms with van der Waals surface area (Å²) in [7, 11) is 0. The van der Waals surface area contributed by atoms with E-state index in [2.05, 4.69) is 20.2 Å². The summed E-state index contributed by atoms with van der Waals surface area (Å²) in [6.45, 7) is 0. The Bertz CT molecular complexity index is 612. The van der Waals surface area contributed by atoms with Crippen LogP contribution in [0.5, 0.6) is 0 Å². The van der Waals surface area contributed by atoms with Crippen molar-refractivity contribution in [2.75, 3.05) is 0 Å². The summed E-state index contributed by atoms with van der Waals surface area (Å²) in [4.78, 5) is 8.34. The number of rotatable bonds is 0. The van der Waals surface area contributed by atoms with Gasteiger partial charge in [-0.05, 0) is 18.3 Å². The van der Waals surface area contributed by atoms with Gasteiger partial charge in [0, 0.05) is 5.22 Å². The minimum absolute atomic E-state index is 0.236. The Hall–Kier alpha value is -1.75. The van der Waals surface area contributed by atoms with E-state index in [1.165, 1.54) is 0 Å². The first-order valence-electron chi connectivity index (χ1n) is 4.07. The van der Waals surface area contributed by atoms with Crippen LogP contribution in [0.25, 0.3) is 5.70 Å². The SMILES string of the molecule is S=C1N=NC2=c3ccccc3=NC2=N1. The summed E-state index contributed by atoms with van der Waals surface area (Å²) < 4.78 is 0. The molecule has 0 saturated carbocycles. The average molecular weight is 200 g/mol. The largest absolute Gasteiger partial charge is 0.241 e. The van der Waals surface area contributed by atoms with Gasteiger partial charge in [-0.1, -0.05) is 18.2 Å². The highest BCUT2D eigenvalue weighted by Gasteiger charge is 2.17. The van der Waals surface area contributed by atoms with Crippen LogP contribution in [-0.2, 0) is 0 Å². The first kappa shape index (κ1) is 7.64. The lowest BCUT2D eigenvalue weighted by molar-refractivity contribution is 1.27. The van der Waals surface area contributed by atoms with Gasteiger partial charge in [-0.3, -0.25) is 0 Å². The Balaban J connectivity index is 2.45. The van der Waals surface area contributed by atoms with Gasteiger partial charge in [0.1, 0.15) is 5.70 Å². The van der Waals surface area contributed by atoms with E-state index in [9.17, 15) is 0 Å². The first-order chi connectivity index (χ1) is 6.84. The average Bonchev–Trinajstić information content (AvgIpc) is 2.54. The quantitative estimate of drug-likeness (QED) is 0.565. The van der Waals surface area contributed by atoms with E-state index in [0.717, 1.165) is 10.6 Å². The zero-order chi connectivity index (χ0) is 9.54. The van der Waals surface area contributed by atoms with Crippen LogP contribution >= 0.6 is 12.2 Å². The molecule has 0 spiro atoms. The highest BCUT2D eigenvalue weighted by atomic mass is 32.1. The zero-order valence-electron chi connectivity index (χ0n) is 7.01. The molecule has 0 amide bonds. The van der Waals surface area contributed by atoms with E-state index in [0.29, 0.717) is 11.5 Å². The fourth-order valence-corrected chi connectivity index (χ4v) is 1.57. The summed E-state index contributed by atoms with van der Waals surface area (Å²) >= 11 is 4.82. The Morgan fingerprint density at radius 3 is 2.79 bits per heavy atom. The van der Waals surface area contributed by atoms with Crippen molar-refractivity contribution in [1.29, 1.82) is 0 Å². The van der Waals surface area contributed by atoms with Crippen LogP contribution in [-0.4, -0.2) is 10.9 Å². The van der Waals surface area contributed by atoms with Gasteiger partial charge in [0.15, 0.2) is 5.84 Å². The molecule has 0 unspecified atom stereocenters. The van der Waals surface area contributed by atoms with Gasteiger partial charge in [0.2, 0.25) is 5.11 Å². The third-order valence-electron chi connectivity index (χ3n) is 2.03. The molecule has 4 nitrogen and oxygen atoms in total. The van der Waals surface area contributed by atoms with E-state index in [1.807, 2.05) is 24.3 Å². The predicted molar refractivity (Wildman–Crippen MR) is 55.5 cm³/mol. The lowest BCUT2D eigenvalue weighted by Crippen LogP contribution is -2.21. The number of amidine groups is 1. The maximum absolute atomic E-state index is 4.82. The summed E-state index contributed by atoms with van der Waals surface area (Å²) in [6.07, 6.45) is 0. The summed E-state index contributed by atoms with van der Waals surface area (Å²) in [6, 6.07) is 7.73. The van der Waals surface area contributed by atoms with Crippen molar-refractivity contribution in [3.8, 4) is 0 Å². The Morgan fingerprint density at radius 1 is 1.00 bits per heavy atom. The van der Waals surface area contributed by atoms with Gasteiger partial charge in [0.05, 0.1) is 5.36 Å². The maximum Gasteiger partial charge on any atom is 0.241 e.